The van der Waals surface area contributed by atoms with Gasteiger partial charge in [-0.2, -0.15) is 0 Å². The number of anilines is 1. The lowest BCUT2D eigenvalue weighted by atomic mass is 10.1. The maximum absolute atomic E-state index is 11.3. The van der Waals surface area contributed by atoms with E-state index >= 15 is 0 Å². The van der Waals surface area contributed by atoms with Crippen LogP contribution in [-0.4, -0.2) is 22.2 Å². The molecule has 1 aromatic heterocycles. The predicted octanol–water partition coefficient (Wildman–Crippen LogP) is 3.53. The van der Waals surface area contributed by atoms with Gasteiger partial charge in [-0.1, -0.05) is 49.4 Å². The van der Waals surface area contributed by atoms with Crippen molar-refractivity contribution in [1.29, 1.82) is 0 Å². The van der Waals surface area contributed by atoms with E-state index < -0.39 is 6.03 Å². The minimum absolute atomic E-state index is 0.282. The highest BCUT2D eigenvalue weighted by Crippen LogP contribution is 2.28. The van der Waals surface area contributed by atoms with Crippen LogP contribution in [0.15, 0.2) is 54.9 Å². The molecule has 3 rings (SSSR count). The first-order valence-corrected chi connectivity index (χ1v) is 9.74. The summed E-state index contributed by atoms with van der Waals surface area (Å²) in [5.74, 6) is 0.568. The van der Waals surface area contributed by atoms with Crippen molar-refractivity contribution in [3.8, 4) is 17.0 Å². The van der Waals surface area contributed by atoms with Crippen molar-refractivity contribution in [3.63, 3.8) is 0 Å². The van der Waals surface area contributed by atoms with Crippen LogP contribution in [0.1, 0.15) is 24.6 Å². The van der Waals surface area contributed by atoms with Gasteiger partial charge in [0.05, 0.1) is 24.3 Å². The number of ether oxygens (including phenoxy) is 1. The molecule has 1 heterocycles. The fraction of sp³-hybridized carbons (Fsp3) is 0.273. The van der Waals surface area contributed by atoms with Crippen LogP contribution in [0.25, 0.3) is 11.3 Å². The zero-order valence-corrected chi connectivity index (χ0v) is 16.6. The molecule has 2 amide bonds. The second-order valence-corrected chi connectivity index (χ2v) is 6.64. The molecule has 29 heavy (non-hydrogen) atoms. The molecular formula is C22H27N5O2. The molecule has 0 saturated carbocycles. The third kappa shape index (κ3) is 4.94. The normalized spacial score (nSPS) is 10.7. The smallest absolute Gasteiger partial charge is 0.316 e. The number of hydrogen-bond acceptors (Lipinski definition) is 4. The first kappa shape index (κ1) is 20.4. The lowest BCUT2D eigenvalue weighted by molar-refractivity contribution is 0.259. The fourth-order valence-electron chi connectivity index (χ4n) is 3.36. The van der Waals surface area contributed by atoms with Crippen molar-refractivity contribution < 1.29 is 9.53 Å². The van der Waals surface area contributed by atoms with Crippen molar-refractivity contribution >= 4 is 11.7 Å². The van der Waals surface area contributed by atoms with Crippen molar-refractivity contribution in [2.45, 2.75) is 32.9 Å². The molecule has 0 aliphatic rings. The average Bonchev–Trinajstić information content (AvgIpc) is 3.15. The number of rotatable bonds is 9. The molecule has 3 aromatic rings. The third-order valence-corrected chi connectivity index (χ3v) is 4.71. The van der Waals surface area contributed by atoms with E-state index in [0.717, 1.165) is 36.2 Å². The number of primary amides is 1. The molecule has 0 atom stereocenters. The summed E-state index contributed by atoms with van der Waals surface area (Å²) >= 11 is 0. The second-order valence-electron chi connectivity index (χ2n) is 6.64. The van der Waals surface area contributed by atoms with Crippen LogP contribution in [0.4, 0.5) is 10.5 Å². The Hall–Kier alpha value is -3.32. The minimum atomic E-state index is -0.643. The molecule has 0 fully saturated rings. The topological polar surface area (TPSA) is 108 Å². The summed E-state index contributed by atoms with van der Waals surface area (Å²) in [5, 5.41) is 2.61. The maximum atomic E-state index is 11.3. The number of benzene rings is 2. The number of aryl methyl sites for hydroxylation is 1. The number of carbonyl (C=O) groups is 1. The fourth-order valence-corrected chi connectivity index (χ4v) is 3.36. The van der Waals surface area contributed by atoms with Gasteiger partial charge in [-0.15, -0.1) is 0 Å². The first-order chi connectivity index (χ1) is 14.1. The van der Waals surface area contributed by atoms with Crippen LogP contribution < -0.4 is 21.5 Å². The van der Waals surface area contributed by atoms with Gasteiger partial charge < -0.3 is 26.1 Å². The average molecular weight is 393 g/mol. The monoisotopic (exact) mass is 393 g/mol. The van der Waals surface area contributed by atoms with Crippen molar-refractivity contribution in [3.05, 3.63) is 66.1 Å². The number of nitrogens with zero attached hydrogens (tertiary/aromatic N) is 2. The van der Waals surface area contributed by atoms with E-state index in [-0.39, 0.29) is 6.54 Å². The molecule has 0 aliphatic carbocycles. The summed E-state index contributed by atoms with van der Waals surface area (Å²) in [6, 6.07) is 15.0. The number of para-hydroxylation sites is 1. The number of urea groups is 1. The van der Waals surface area contributed by atoms with E-state index in [4.69, 9.17) is 16.2 Å². The lowest BCUT2D eigenvalue weighted by Crippen LogP contribution is -2.21. The predicted molar refractivity (Wildman–Crippen MR) is 115 cm³/mol. The van der Waals surface area contributed by atoms with Gasteiger partial charge in [0.25, 0.3) is 0 Å². The molecule has 0 saturated heterocycles. The Labute approximate surface area is 170 Å². The number of aromatic nitrogens is 2. The number of imidazole rings is 1. The quantitative estimate of drug-likeness (QED) is 0.483. The maximum Gasteiger partial charge on any atom is 0.316 e. The van der Waals surface area contributed by atoms with E-state index in [1.165, 1.54) is 5.69 Å². The van der Waals surface area contributed by atoms with Crippen molar-refractivity contribution in [2.75, 3.05) is 11.9 Å². The molecule has 0 unspecified atom stereocenters. The van der Waals surface area contributed by atoms with E-state index in [1.54, 1.807) is 6.07 Å². The molecule has 0 spiro atoms. The standard InChI is InChI=1S/C22H27N5O2/c1-2-18-20(16-8-4-3-5-9-16)25-15-27(18)12-7-13-29-19-11-6-10-17(14-23)21(19)26-22(24)28/h3-6,8-11,15H,2,7,12-14,23H2,1H3,(H3,24,26,28). The molecular weight excluding hydrogens is 366 g/mol. The molecule has 152 valence electrons. The second kappa shape index (κ2) is 9.75. The van der Waals surface area contributed by atoms with Gasteiger partial charge in [0.15, 0.2) is 0 Å². The Kier molecular flexibility index (Phi) is 6.86. The van der Waals surface area contributed by atoms with Crippen molar-refractivity contribution in [1.82, 2.24) is 9.55 Å². The number of hydrogen-bond donors (Lipinski definition) is 3. The van der Waals surface area contributed by atoms with Crippen LogP contribution in [0.5, 0.6) is 5.75 Å². The van der Waals surface area contributed by atoms with Crippen LogP contribution in [-0.2, 0) is 19.5 Å². The van der Waals surface area contributed by atoms with Gasteiger partial charge in [0, 0.05) is 24.3 Å². The Balaban J connectivity index is 1.65. The summed E-state index contributed by atoms with van der Waals surface area (Å²) in [7, 11) is 0. The summed E-state index contributed by atoms with van der Waals surface area (Å²) in [5.41, 5.74) is 15.7. The number of carbonyl (C=O) groups excluding carboxylic acids is 1. The van der Waals surface area contributed by atoms with E-state index in [2.05, 4.69) is 33.9 Å². The number of nitrogens with one attached hydrogen (secondary N) is 1. The van der Waals surface area contributed by atoms with Crippen molar-refractivity contribution in [2.24, 2.45) is 11.5 Å². The Morgan fingerprint density at radius 2 is 1.97 bits per heavy atom. The van der Waals surface area contributed by atoms with Crippen LogP contribution >= 0.6 is 0 Å². The Morgan fingerprint density at radius 3 is 2.66 bits per heavy atom. The van der Waals surface area contributed by atoms with Gasteiger partial charge >= 0.3 is 6.03 Å². The van der Waals surface area contributed by atoms with Crippen LogP contribution in [0, 0.1) is 0 Å². The first-order valence-electron chi connectivity index (χ1n) is 9.74. The van der Waals surface area contributed by atoms with Gasteiger partial charge in [0.1, 0.15) is 5.75 Å². The van der Waals surface area contributed by atoms with E-state index in [9.17, 15) is 4.79 Å². The largest absolute Gasteiger partial charge is 0.491 e. The van der Waals surface area contributed by atoms with Crippen LogP contribution in [0.3, 0.4) is 0 Å². The molecule has 0 aliphatic heterocycles. The summed E-state index contributed by atoms with van der Waals surface area (Å²) in [4.78, 5) is 15.9. The highest BCUT2D eigenvalue weighted by Gasteiger charge is 2.12. The number of nitrogens with two attached hydrogens (primary N) is 2. The lowest BCUT2D eigenvalue weighted by Gasteiger charge is -2.15. The van der Waals surface area contributed by atoms with Gasteiger partial charge in [-0.3, -0.25) is 0 Å². The minimum Gasteiger partial charge on any atom is -0.491 e. The number of amides is 2. The summed E-state index contributed by atoms with van der Waals surface area (Å²) < 4.78 is 8.08. The molecule has 5 N–H and O–H groups in total. The SMILES string of the molecule is CCc1c(-c2ccccc2)ncn1CCCOc1cccc(CN)c1NC(N)=O. The van der Waals surface area contributed by atoms with Gasteiger partial charge in [-0.25, -0.2) is 9.78 Å². The van der Waals surface area contributed by atoms with E-state index in [1.807, 2.05) is 36.7 Å². The molecule has 0 radical (unpaired) electrons. The Bertz CT molecular complexity index is 953. The third-order valence-electron chi connectivity index (χ3n) is 4.71. The van der Waals surface area contributed by atoms with Crippen LogP contribution in [0.2, 0.25) is 0 Å². The summed E-state index contributed by atoms with van der Waals surface area (Å²) in [6.07, 6.45) is 3.58. The highest BCUT2D eigenvalue weighted by molar-refractivity contribution is 5.90. The zero-order valence-electron chi connectivity index (χ0n) is 16.6. The molecule has 7 nitrogen and oxygen atoms in total. The molecule has 2 aromatic carbocycles. The Morgan fingerprint density at radius 1 is 1.17 bits per heavy atom. The highest BCUT2D eigenvalue weighted by atomic mass is 16.5. The zero-order chi connectivity index (χ0) is 20.6. The summed E-state index contributed by atoms with van der Waals surface area (Å²) in [6.45, 7) is 3.70. The molecule has 7 heteroatoms. The van der Waals surface area contributed by atoms with Gasteiger partial charge in [-0.05, 0) is 24.5 Å². The van der Waals surface area contributed by atoms with Gasteiger partial charge in [0.2, 0.25) is 0 Å². The van der Waals surface area contributed by atoms with E-state index in [0.29, 0.717) is 18.0 Å². The molecule has 0 bridgehead atoms.